The second kappa shape index (κ2) is 3.90. The molecule has 0 aliphatic heterocycles. The molecule has 1 amide bonds. The van der Waals surface area contributed by atoms with E-state index >= 15 is 0 Å². The molecule has 0 aromatic carbocycles. The van der Waals surface area contributed by atoms with Crippen LogP contribution in [0.25, 0.3) is 0 Å². The number of hydrogen-bond acceptors (Lipinski definition) is 2. The zero-order chi connectivity index (χ0) is 9.94. The van der Waals surface area contributed by atoms with Gasteiger partial charge in [-0.3, -0.25) is 4.79 Å². The molecule has 0 saturated carbocycles. The molecule has 0 bridgehead atoms. The number of likely N-dealkylation sites (N-methyl/N-ethyl adjacent to an activating group) is 1. The zero-order valence-electron chi connectivity index (χ0n) is 8.84. The Morgan fingerprint density at radius 1 is 1.33 bits per heavy atom. The summed E-state index contributed by atoms with van der Waals surface area (Å²) in [5.74, 6) is 0.00456. The number of nitrogens with zero attached hydrogens (tertiary/aromatic N) is 1. The quantitative estimate of drug-likeness (QED) is 0.629. The fourth-order valence-corrected chi connectivity index (χ4v) is 0.944. The van der Waals surface area contributed by atoms with Crippen molar-refractivity contribution in [3.63, 3.8) is 0 Å². The minimum atomic E-state index is -0.361. The molecule has 0 rings (SSSR count). The molecule has 0 aromatic rings. The summed E-state index contributed by atoms with van der Waals surface area (Å²) in [6.45, 7) is 7.58. The average Bonchev–Trinajstić information content (AvgIpc) is 1.82. The van der Waals surface area contributed by atoms with E-state index < -0.39 is 0 Å². The molecular formula is C9H19NO2. The highest BCUT2D eigenvalue weighted by Crippen LogP contribution is 2.11. The second-order valence-electron chi connectivity index (χ2n) is 4.11. The van der Waals surface area contributed by atoms with Gasteiger partial charge in [-0.25, -0.2) is 0 Å². The largest absolute Gasteiger partial charge is 0.363 e. The standard InChI is InChI=1S/C9H19NO2/c1-7(8(11)10(5)6)12-9(2,3)4/h7H,1-6H3. The molecule has 0 fully saturated rings. The predicted molar refractivity (Wildman–Crippen MR) is 49.0 cm³/mol. The first kappa shape index (κ1) is 11.4. The van der Waals surface area contributed by atoms with E-state index in [-0.39, 0.29) is 17.6 Å². The van der Waals surface area contributed by atoms with Gasteiger partial charge in [0.25, 0.3) is 5.91 Å². The van der Waals surface area contributed by atoms with Crippen LogP contribution in [0.5, 0.6) is 0 Å². The van der Waals surface area contributed by atoms with Gasteiger partial charge in [-0.05, 0) is 27.7 Å². The molecule has 0 aliphatic rings. The summed E-state index contributed by atoms with van der Waals surface area (Å²) < 4.78 is 5.47. The van der Waals surface area contributed by atoms with E-state index in [4.69, 9.17) is 4.74 Å². The number of hydrogen-bond donors (Lipinski definition) is 0. The maximum Gasteiger partial charge on any atom is 0.250 e. The third-order valence-corrected chi connectivity index (χ3v) is 1.32. The van der Waals surface area contributed by atoms with Crippen LogP contribution in [0.4, 0.5) is 0 Å². The van der Waals surface area contributed by atoms with Crippen molar-refractivity contribution in [2.24, 2.45) is 0 Å². The van der Waals surface area contributed by atoms with E-state index in [1.165, 1.54) is 4.90 Å². The molecule has 72 valence electrons. The van der Waals surface area contributed by atoms with Crippen molar-refractivity contribution in [1.82, 2.24) is 4.90 Å². The molecule has 1 unspecified atom stereocenters. The first-order valence-electron chi connectivity index (χ1n) is 4.13. The minimum absolute atomic E-state index is 0.00456. The molecule has 3 heteroatoms. The molecule has 0 heterocycles. The second-order valence-corrected chi connectivity index (χ2v) is 4.11. The lowest BCUT2D eigenvalue weighted by atomic mass is 10.2. The van der Waals surface area contributed by atoms with Gasteiger partial charge in [-0.1, -0.05) is 0 Å². The van der Waals surface area contributed by atoms with Crippen LogP contribution in [0.3, 0.4) is 0 Å². The Kier molecular flexibility index (Phi) is 3.71. The number of amides is 1. The molecule has 0 saturated heterocycles. The van der Waals surface area contributed by atoms with Crippen molar-refractivity contribution < 1.29 is 9.53 Å². The highest BCUT2D eigenvalue weighted by Gasteiger charge is 2.21. The van der Waals surface area contributed by atoms with Gasteiger partial charge in [0, 0.05) is 14.1 Å². The number of carbonyl (C=O) groups excluding carboxylic acids is 1. The summed E-state index contributed by atoms with van der Waals surface area (Å²) in [5.41, 5.74) is -0.259. The lowest BCUT2D eigenvalue weighted by Crippen LogP contribution is -2.38. The van der Waals surface area contributed by atoms with Crippen LogP contribution < -0.4 is 0 Å². The molecule has 3 nitrogen and oxygen atoms in total. The number of carbonyl (C=O) groups is 1. The van der Waals surface area contributed by atoms with Gasteiger partial charge in [0.15, 0.2) is 0 Å². The van der Waals surface area contributed by atoms with Gasteiger partial charge in [-0.2, -0.15) is 0 Å². The molecule has 0 aromatic heterocycles. The summed E-state index contributed by atoms with van der Waals surface area (Å²) in [6, 6.07) is 0. The Hall–Kier alpha value is -0.570. The summed E-state index contributed by atoms with van der Waals surface area (Å²) >= 11 is 0. The van der Waals surface area contributed by atoms with Crippen molar-refractivity contribution in [1.29, 1.82) is 0 Å². The Labute approximate surface area is 74.7 Å². The van der Waals surface area contributed by atoms with Crippen molar-refractivity contribution in [3.05, 3.63) is 0 Å². The van der Waals surface area contributed by atoms with Crippen molar-refractivity contribution in [2.75, 3.05) is 14.1 Å². The van der Waals surface area contributed by atoms with E-state index in [1.54, 1.807) is 21.0 Å². The monoisotopic (exact) mass is 173 g/mol. The number of ether oxygens (including phenoxy) is 1. The fraction of sp³-hybridized carbons (Fsp3) is 0.889. The first-order valence-corrected chi connectivity index (χ1v) is 4.13. The van der Waals surface area contributed by atoms with Crippen molar-refractivity contribution >= 4 is 5.91 Å². The van der Waals surface area contributed by atoms with Gasteiger partial charge in [0.05, 0.1) is 5.60 Å². The van der Waals surface area contributed by atoms with Gasteiger partial charge < -0.3 is 9.64 Å². The van der Waals surface area contributed by atoms with E-state index in [2.05, 4.69) is 0 Å². The van der Waals surface area contributed by atoms with Crippen molar-refractivity contribution in [2.45, 2.75) is 39.4 Å². The van der Waals surface area contributed by atoms with E-state index in [9.17, 15) is 4.79 Å². The lowest BCUT2D eigenvalue weighted by molar-refractivity contribution is -0.148. The lowest BCUT2D eigenvalue weighted by Gasteiger charge is -2.26. The van der Waals surface area contributed by atoms with Crippen LogP contribution >= 0.6 is 0 Å². The SMILES string of the molecule is CC(OC(C)(C)C)C(=O)N(C)C. The molecule has 0 N–H and O–H groups in total. The summed E-state index contributed by atoms with van der Waals surface area (Å²) in [4.78, 5) is 12.9. The van der Waals surface area contributed by atoms with Gasteiger partial charge in [-0.15, -0.1) is 0 Å². The smallest absolute Gasteiger partial charge is 0.250 e. The Balaban J connectivity index is 4.05. The maximum atomic E-state index is 11.3. The molecule has 0 radical (unpaired) electrons. The molecule has 0 spiro atoms. The third kappa shape index (κ3) is 4.34. The van der Waals surface area contributed by atoms with Gasteiger partial charge >= 0.3 is 0 Å². The van der Waals surface area contributed by atoms with Gasteiger partial charge in [0.2, 0.25) is 0 Å². The molecule has 0 aliphatic carbocycles. The molecule has 12 heavy (non-hydrogen) atoms. The van der Waals surface area contributed by atoms with Crippen LogP contribution in [0, 0.1) is 0 Å². The first-order chi connectivity index (χ1) is 5.24. The normalized spacial score (nSPS) is 14.2. The molecular weight excluding hydrogens is 154 g/mol. The topological polar surface area (TPSA) is 29.5 Å². The van der Waals surface area contributed by atoms with Crippen LogP contribution in [-0.4, -0.2) is 36.6 Å². The van der Waals surface area contributed by atoms with E-state index in [1.807, 2.05) is 20.8 Å². The Morgan fingerprint density at radius 3 is 2.00 bits per heavy atom. The predicted octanol–water partition coefficient (Wildman–Crippen LogP) is 1.28. The van der Waals surface area contributed by atoms with E-state index in [0.717, 1.165) is 0 Å². The maximum absolute atomic E-state index is 11.3. The summed E-state index contributed by atoms with van der Waals surface area (Å²) in [6.07, 6.45) is -0.361. The molecule has 1 atom stereocenters. The van der Waals surface area contributed by atoms with E-state index in [0.29, 0.717) is 0 Å². The van der Waals surface area contributed by atoms with Crippen LogP contribution in [0.15, 0.2) is 0 Å². The number of rotatable bonds is 2. The van der Waals surface area contributed by atoms with Crippen LogP contribution in [-0.2, 0) is 9.53 Å². The average molecular weight is 173 g/mol. The van der Waals surface area contributed by atoms with Crippen molar-refractivity contribution in [3.8, 4) is 0 Å². The third-order valence-electron chi connectivity index (χ3n) is 1.32. The Morgan fingerprint density at radius 2 is 1.75 bits per heavy atom. The Bertz CT molecular complexity index is 158. The zero-order valence-corrected chi connectivity index (χ0v) is 8.84. The van der Waals surface area contributed by atoms with Gasteiger partial charge in [0.1, 0.15) is 6.10 Å². The highest BCUT2D eigenvalue weighted by atomic mass is 16.5. The minimum Gasteiger partial charge on any atom is -0.363 e. The fourth-order valence-electron chi connectivity index (χ4n) is 0.944. The van der Waals surface area contributed by atoms with Crippen LogP contribution in [0.2, 0.25) is 0 Å². The van der Waals surface area contributed by atoms with Crippen LogP contribution in [0.1, 0.15) is 27.7 Å². The highest BCUT2D eigenvalue weighted by molar-refractivity contribution is 5.79. The summed E-state index contributed by atoms with van der Waals surface area (Å²) in [5, 5.41) is 0. The summed E-state index contributed by atoms with van der Waals surface area (Å²) in [7, 11) is 3.45.